The molecule has 1 amide bonds. The van der Waals surface area contributed by atoms with E-state index < -0.39 is 21.7 Å². The van der Waals surface area contributed by atoms with Crippen LogP contribution in [0.15, 0.2) is 26.1 Å². The lowest BCUT2D eigenvalue weighted by Crippen LogP contribution is -2.35. The highest BCUT2D eigenvalue weighted by Gasteiger charge is 2.20. The molecule has 0 spiro atoms. The summed E-state index contributed by atoms with van der Waals surface area (Å²) in [5, 5.41) is 3.93. The molecule has 0 fully saturated rings. The monoisotopic (exact) mass is 336 g/mol. The van der Waals surface area contributed by atoms with Crippen molar-refractivity contribution in [3.63, 3.8) is 0 Å². The number of hydrogen-bond acceptors (Lipinski definition) is 6. The number of sulfonamides is 1. The molecule has 20 heavy (non-hydrogen) atoms. The minimum Gasteiger partial charge on any atom is -0.444 e. The van der Waals surface area contributed by atoms with Gasteiger partial charge in [0, 0.05) is 0 Å². The van der Waals surface area contributed by atoms with Gasteiger partial charge in [-0.1, -0.05) is 17.8 Å². The summed E-state index contributed by atoms with van der Waals surface area (Å²) in [6, 6.07) is 3.07. The third-order valence-electron chi connectivity index (χ3n) is 1.75. The van der Waals surface area contributed by atoms with Gasteiger partial charge in [-0.3, -0.25) is 5.32 Å². The number of thiophene rings is 1. The summed E-state index contributed by atoms with van der Waals surface area (Å²) in [7, 11) is -3.80. The lowest BCUT2D eigenvalue weighted by molar-refractivity contribution is 0.0565. The molecule has 1 N–H and O–H groups in total. The molecular formula is C11H16N2O4S3. The minimum atomic E-state index is -3.80. The Morgan fingerprint density at radius 1 is 1.45 bits per heavy atom. The van der Waals surface area contributed by atoms with Gasteiger partial charge in [-0.25, -0.2) is 4.79 Å². The summed E-state index contributed by atoms with van der Waals surface area (Å²) in [6.07, 6.45) is 0.868. The van der Waals surface area contributed by atoms with Crippen molar-refractivity contribution in [1.82, 2.24) is 5.32 Å². The molecule has 0 radical (unpaired) electrons. The Labute approximate surface area is 126 Å². The number of nitrogens with zero attached hydrogens (tertiary/aromatic N) is 1. The Kier molecular flexibility index (Phi) is 5.60. The maximum Gasteiger partial charge on any atom is 0.413 e. The third-order valence-corrected chi connectivity index (χ3v) is 5.10. The van der Waals surface area contributed by atoms with Crippen molar-refractivity contribution < 1.29 is 17.9 Å². The van der Waals surface area contributed by atoms with Gasteiger partial charge in [-0.2, -0.15) is 8.42 Å². The predicted octanol–water partition coefficient (Wildman–Crippen LogP) is 2.68. The SMILES string of the molecule is CSC(=NS(=O)(=O)c1cccs1)NC(=O)OC(C)(C)C. The maximum absolute atomic E-state index is 11.9. The molecule has 1 aromatic heterocycles. The van der Waals surface area contributed by atoms with Gasteiger partial charge in [0.05, 0.1) is 0 Å². The lowest BCUT2D eigenvalue weighted by Gasteiger charge is -2.19. The van der Waals surface area contributed by atoms with Crippen LogP contribution in [0.3, 0.4) is 0 Å². The standard InChI is InChI=1S/C11H16N2O4S3/c1-11(2,3)17-10(14)12-9(18-4)13-20(15,16)8-6-5-7-19-8/h5-7H,1-4H3,(H,12,13,14). The molecule has 0 saturated carbocycles. The molecule has 0 aliphatic carbocycles. The van der Waals surface area contributed by atoms with E-state index in [-0.39, 0.29) is 9.38 Å². The molecule has 112 valence electrons. The first-order valence-electron chi connectivity index (χ1n) is 5.56. The fraction of sp³-hybridized carbons (Fsp3) is 0.455. The maximum atomic E-state index is 11.9. The van der Waals surface area contributed by atoms with Gasteiger partial charge in [-0.05, 0) is 38.5 Å². The number of alkyl carbamates (subject to hydrolysis) is 1. The van der Waals surface area contributed by atoms with Crippen LogP contribution in [-0.4, -0.2) is 31.5 Å². The van der Waals surface area contributed by atoms with Crippen molar-refractivity contribution in [1.29, 1.82) is 0 Å². The summed E-state index contributed by atoms with van der Waals surface area (Å²) >= 11 is 2.07. The summed E-state index contributed by atoms with van der Waals surface area (Å²) in [6.45, 7) is 5.14. The van der Waals surface area contributed by atoms with E-state index >= 15 is 0 Å². The van der Waals surface area contributed by atoms with Crippen molar-refractivity contribution in [2.24, 2.45) is 4.40 Å². The first kappa shape index (κ1) is 17.0. The number of carbonyl (C=O) groups is 1. The highest BCUT2D eigenvalue weighted by atomic mass is 32.2. The van der Waals surface area contributed by atoms with Crippen molar-refractivity contribution in [3.05, 3.63) is 17.5 Å². The predicted molar refractivity (Wildman–Crippen MR) is 81.8 cm³/mol. The van der Waals surface area contributed by atoms with Crippen molar-refractivity contribution in [2.75, 3.05) is 6.26 Å². The number of nitrogens with one attached hydrogen (secondary N) is 1. The smallest absolute Gasteiger partial charge is 0.413 e. The third kappa shape index (κ3) is 5.51. The number of ether oxygens (including phenoxy) is 1. The van der Waals surface area contributed by atoms with Crippen molar-refractivity contribution >= 4 is 44.4 Å². The zero-order valence-electron chi connectivity index (χ0n) is 11.5. The van der Waals surface area contributed by atoms with Crippen molar-refractivity contribution in [2.45, 2.75) is 30.6 Å². The normalized spacial score (nSPS) is 13.1. The van der Waals surface area contributed by atoms with Gasteiger partial charge in [0.25, 0.3) is 10.0 Å². The van der Waals surface area contributed by atoms with Crippen LogP contribution in [0.1, 0.15) is 20.8 Å². The van der Waals surface area contributed by atoms with E-state index in [1.165, 1.54) is 6.07 Å². The molecule has 9 heteroatoms. The van der Waals surface area contributed by atoms with Gasteiger partial charge in [0.15, 0.2) is 5.17 Å². The van der Waals surface area contributed by atoms with Gasteiger partial charge in [-0.15, -0.1) is 15.7 Å². The second kappa shape index (κ2) is 6.59. The number of thioether (sulfide) groups is 1. The summed E-state index contributed by atoms with van der Waals surface area (Å²) in [5.41, 5.74) is -0.666. The van der Waals surface area contributed by atoms with Gasteiger partial charge >= 0.3 is 6.09 Å². The average Bonchev–Trinajstić information content (AvgIpc) is 2.78. The van der Waals surface area contributed by atoms with Crippen molar-refractivity contribution in [3.8, 4) is 0 Å². The van der Waals surface area contributed by atoms with Crippen LogP contribution in [0.2, 0.25) is 0 Å². The van der Waals surface area contributed by atoms with Crippen LogP contribution in [0.5, 0.6) is 0 Å². The molecule has 1 heterocycles. The van der Waals surface area contributed by atoms with Gasteiger partial charge < -0.3 is 4.74 Å². The molecule has 0 aromatic carbocycles. The van der Waals surface area contributed by atoms with E-state index in [1.807, 2.05) is 0 Å². The average molecular weight is 336 g/mol. The Bertz CT molecular complexity index is 586. The molecule has 1 rings (SSSR count). The molecule has 0 saturated heterocycles. The Morgan fingerprint density at radius 3 is 2.55 bits per heavy atom. The van der Waals surface area contributed by atoms with Crippen LogP contribution >= 0.6 is 23.1 Å². The Hall–Kier alpha value is -1.06. The van der Waals surface area contributed by atoms with E-state index in [0.29, 0.717) is 0 Å². The quantitative estimate of drug-likeness (QED) is 0.663. The van der Waals surface area contributed by atoms with Crippen LogP contribution in [0, 0.1) is 0 Å². The summed E-state index contributed by atoms with van der Waals surface area (Å²) in [4.78, 5) is 11.6. The lowest BCUT2D eigenvalue weighted by atomic mass is 10.2. The van der Waals surface area contributed by atoms with E-state index in [9.17, 15) is 13.2 Å². The number of amides is 1. The molecule has 0 atom stereocenters. The highest BCUT2D eigenvalue weighted by Crippen LogP contribution is 2.19. The van der Waals surface area contributed by atoms with Crippen LogP contribution < -0.4 is 5.32 Å². The largest absolute Gasteiger partial charge is 0.444 e. The molecule has 0 bridgehead atoms. The fourth-order valence-electron chi connectivity index (χ4n) is 1.07. The number of amidine groups is 1. The Morgan fingerprint density at radius 2 is 2.10 bits per heavy atom. The van der Waals surface area contributed by atoms with E-state index in [4.69, 9.17) is 4.74 Å². The molecular weight excluding hydrogens is 320 g/mol. The van der Waals surface area contributed by atoms with Crippen LogP contribution in [0.4, 0.5) is 4.79 Å². The van der Waals surface area contributed by atoms with E-state index in [1.54, 1.807) is 38.5 Å². The first-order valence-corrected chi connectivity index (χ1v) is 9.11. The van der Waals surface area contributed by atoms with Crippen LogP contribution in [0.25, 0.3) is 0 Å². The summed E-state index contributed by atoms with van der Waals surface area (Å²) in [5.74, 6) is 0. The number of hydrogen-bond donors (Lipinski definition) is 1. The van der Waals surface area contributed by atoms with Crippen LogP contribution in [-0.2, 0) is 14.8 Å². The second-order valence-electron chi connectivity index (χ2n) is 4.63. The molecule has 0 aliphatic rings. The zero-order chi connectivity index (χ0) is 15.4. The van der Waals surface area contributed by atoms with E-state index in [0.717, 1.165) is 23.1 Å². The zero-order valence-corrected chi connectivity index (χ0v) is 14.0. The number of rotatable bonds is 2. The van der Waals surface area contributed by atoms with Gasteiger partial charge in [0.2, 0.25) is 0 Å². The topological polar surface area (TPSA) is 84.8 Å². The molecule has 0 aliphatic heterocycles. The second-order valence-corrected chi connectivity index (χ2v) is 8.21. The number of carbonyl (C=O) groups excluding carboxylic acids is 1. The molecule has 0 unspecified atom stereocenters. The highest BCUT2D eigenvalue weighted by molar-refractivity contribution is 8.14. The van der Waals surface area contributed by atoms with Gasteiger partial charge in [0.1, 0.15) is 9.81 Å². The fourth-order valence-corrected chi connectivity index (χ4v) is 3.66. The van der Waals surface area contributed by atoms with E-state index in [2.05, 4.69) is 9.71 Å². The summed E-state index contributed by atoms with van der Waals surface area (Å²) < 4.78 is 32.6. The molecule has 6 nitrogen and oxygen atoms in total. The minimum absolute atomic E-state index is 0.0346. The molecule has 1 aromatic rings. The Balaban J connectivity index is 2.86. The first-order chi connectivity index (χ1) is 9.14.